The molecule has 11 nitrogen and oxygen atoms in total. The molecule has 7 rings (SSSR count). The molecule has 0 aliphatic carbocycles. The first-order chi connectivity index (χ1) is 23.5. The molecule has 0 saturated carbocycles. The first-order valence-electron chi connectivity index (χ1n) is 16.1. The summed E-state index contributed by atoms with van der Waals surface area (Å²) in [6.45, 7) is 2.90. The minimum absolute atomic E-state index is 0.0760. The number of likely N-dealkylation sites (tertiary alicyclic amines) is 1. The summed E-state index contributed by atoms with van der Waals surface area (Å²) in [7, 11) is 0. The number of aromatic nitrogens is 2. The second-order valence-electron chi connectivity index (χ2n) is 12.6. The van der Waals surface area contributed by atoms with Gasteiger partial charge in [-0.3, -0.25) is 19.4 Å². The van der Waals surface area contributed by atoms with Crippen LogP contribution in [-0.2, 0) is 29.1 Å². The number of oxazole rings is 2. The molecule has 49 heavy (non-hydrogen) atoms. The van der Waals surface area contributed by atoms with Gasteiger partial charge in [-0.1, -0.05) is 24.3 Å². The molecule has 0 spiro atoms. The van der Waals surface area contributed by atoms with Gasteiger partial charge in [-0.05, 0) is 73.7 Å². The van der Waals surface area contributed by atoms with E-state index in [1.54, 1.807) is 11.0 Å². The number of rotatable bonds is 10. The van der Waals surface area contributed by atoms with Gasteiger partial charge in [-0.2, -0.15) is 8.78 Å². The summed E-state index contributed by atoms with van der Waals surface area (Å²) < 4.78 is 44.1. The molecule has 0 bridgehead atoms. The third-order valence-corrected chi connectivity index (χ3v) is 9.41. The van der Waals surface area contributed by atoms with Crippen LogP contribution in [0.2, 0.25) is 0 Å². The lowest BCUT2D eigenvalue weighted by Crippen LogP contribution is -2.37. The van der Waals surface area contributed by atoms with E-state index in [9.17, 15) is 23.5 Å². The first-order valence-corrected chi connectivity index (χ1v) is 16.1. The van der Waals surface area contributed by atoms with Crippen molar-refractivity contribution in [1.82, 2.24) is 19.8 Å². The molecule has 1 amide bonds. The standard InChI is InChI=1S/C36H35F2N5O6/c1-19-22(23-7-4-9-25(20(23)2)34-41-27-17-42(18-32(39)44)13-11-29(27)47-34)6-3-8-24(19)33-40-26-14-21(16-43-12-5-10-28(43)35(45)46)30(49-36(37)38)15-31(26)48-33/h3-4,6-9,14-15,28,36H,5,10-13,16-18H2,1-2H3,(H2,39,44)(H,45,46). The molecule has 2 aliphatic heterocycles. The van der Waals surface area contributed by atoms with Crippen molar-refractivity contribution in [2.45, 2.75) is 58.9 Å². The first kappa shape index (κ1) is 32.4. The summed E-state index contributed by atoms with van der Waals surface area (Å²) in [5.41, 5.74) is 12.7. The number of carbonyl (C=O) groups is 2. The van der Waals surface area contributed by atoms with Crippen LogP contribution in [-0.4, -0.2) is 69.0 Å². The van der Waals surface area contributed by atoms with Crippen LogP contribution in [0, 0.1) is 13.8 Å². The highest BCUT2D eigenvalue weighted by atomic mass is 19.3. The fraction of sp³-hybridized carbons (Fsp3) is 0.333. The topological polar surface area (TPSA) is 148 Å². The van der Waals surface area contributed by atoms with E-state index in [0.29, 0.717) is 61.8 Å². The van der Waals surface area contributed by atoms with Gasteiger partial charge in [0.05, 0.1) is 12.2 Å². The number of amides is 1. The van der Waals surface area contributed by atoms with Gasteiger partial charge in [0.25, 0.3) is 0 Å². The molecular formula is C36H35F2N5O6. The molecule has 3 N–H and O–H groups in total. The summed E-state index contributed by atoms with van der Waals surface area (Å²) >= 11 is 0. The molecule has 254 valence electrons. The van der Waals surface area contributed by atoms with E-state index in [0.717, 1.165) is 44.8 Å². The van der Waals surface area contributed by atoms with Crippen molar-refractivity contribution in [2.75, 3.05) is 19.6 Å². The molecule has 1 atom stereocenters. The Morgan fingerprint density at radius 1 is 1.00 bits per heavy atom. The van der Waals surface area contributed by atoms with Crippen LogP contribution in [0.5, 0.6) is 5.75 Å². The zero-order valence-corrected chi connectivity index (χ0v) is 27.0. The molecule has 0 radical (unpaired) electrons. The van der Waals surface area contributed by atoms with E-state index in [4.69, 9.17) is 29.3 Å². The van der Waals surface area contributed by atoms with Gasteiger partial charge in [0.2, 0.25) is 17.7 Å². The van der Waals surface area contributed by atoms with Crippen molar-refractivity contribution in [2.24, 2.45) is 5.73 Å². The number of fused-ring (bicyclic) bond motifs is 2. The summed E-state index contributed by atoms with van der Waals surface area (Å²) in [6, 6.07) is 14.1. The number of aliphatic carboxylic acids is 1. The van der Waals surface area contributed by atoms with E-state index >= 15 is 0 Å². The third kappa shape index (κ3) is 6.39. The minimum Gasteiger partial charge on any atom is -0.480 e. The monoisotopic (exact) mass is 671 g/mol. The summed E-state index contributed by atoms with van der Waals surface area (Å²) in [4.78, 5) is 36.4. The van der Waals surface area contributed by atoms with Crippen LogP contribution in [0.3, 0.4) is 0 Å². The van der Waals surface area contributed by atoms with Gasteiger partial charge in [-0.25, -0.2) is 9.97 Å². The van der Waals surface area contributed by atoms with Crippen molar-refractivity contribution in [1.29, 1.82) is 0 Å². The van der Waals surface area contributed by atoms with Crippen LogP contribution >= 0.6 is 0 Å². The van der Waals surface area contributed by atoms with Crippen LogP contribution in [0.4, 0.5) is 8.78 Å². The lowest BCUT2D eigenvalue weighted by Gasteiger charge is -2.23. The zero-order chi connectivity index (χ0) is 34.4. The lowest BCUT2D eigenvalue weighted by molar-refractivity contribution is -0.142. The van der Waals surface area contributed by atoms with Gasteiger partial charge < -0.3 is 24.4 Å². The average Bonchev–Trinajstić information content (AvgIpc) is 3.79. The van der Waals surface area contributed by atoms with Crippen LogP contribution in [0.1, 0.15) is 41.0 Å². The smallest absolute Gasteiger partial charge is 0.387 e. The SMILES string of the molecule is Cc1c(-c2nc3c(o2)CCN(CC(N)=O)C3)cccc1-c1cccc(-c2nc3cc(CN4CCCC4C(=O)O)c(OC(F)F)cc3o2)c1C. The number of ether oxygens (including phenoxy) is 1. The normalized spacial score (nSPS) is 16.8. The maximum Gasteiger partial charge on any atom is 0.387 e. The Kier molecular flexibility index (Phi) is 8.63. The fourth-order valence-corrected chi connectivity index (χ4v) is 7.00. The molecule has 2 aliphatic rings. The number of carbonyl (C=O) groups excluding carboxylic acids is 1. The minimum atomic E-state index is -3.07. The van der Waals surface area contributed by atoms with E-state index in [-0.39, 0.29) is 30.3 Å². The van der Waals surface area contributed by atoms with Crippen molar-refractivity contribution in [3.8, 4) is 39.8 Å². The molecule has 2 aromatic heterocycles. The Bertz CT molecular complexity index is 2070. The van der Waals surface area contributed by atoms with E-state index < -0.39 is 18.6 Å². The van der Waals surface area contributed by atoms with Crippen molar-refractivity contribution >= 4 is 23.0 Å². The third-order valence-electron chi connectivity index (χ3n) is 9.41. The second-order valence-corrected chi connectivity index (χ2v) is 12.6. The number of primary amides is 1. The van der Waals surface area contributed by atoms with Gasteiger partial charge in [0.1, 0.15) is 23.1 Å². The van der Waals surface area contributed by atoms with E-state index in [2.05, 4.69) is 0 Å². The van der Waals surface area contributed by atoms with Gasteiger partial charge in [-0.15, -0.1) is 0 Å². The van der Waals surface area contributed by atoms with Gasteiger partial charge in [0, 0.05) is 48.8 Å². The average molecular weight is 672 g/mol. The number of benzene rings is 3. The van der Waals surface area contributed by atoms with E-state index in [1.807, 2.05) is 55.1 Å². The molecular weight excluding hydrogens is 636 g/mol. The van der Waals surface area contributed by atoms with Crippen molar-refractivity contribution < 1.29 is 37.0 Å². The highest BCUT2D eigenvalue weighted by molar-refractivity contribution is 5.84. The highest BCUT2D eigenvalue weighted by Crippen LogP contribution is 2.39. The summed E-state index contributed by atoms with van der Waals surface area (Å²) in [6.07, 6.45) is 1.83. The Morgan fingerprint density at radius 3 is 2.33 bits per heavy atom. The number of nitrogens with two attached hydrogens (primary N) is 1. The predicted molar refractivity (Wildman–Crippen MR) is 176 cm³/mol. The number of hydrogen-bond donors (Lipinski definition) is 2. The van der Waals surface area contributed by atoms with Crippen LogP contribution in [0.25, 0.3) is 45.1 Å². The maximum atomic E-state index is 13.4. The quantitative estimate of drug-likeness (QED) is 0.183. The molecule has 4 heterocycles. The number of hydrogen-bond acceptors (Lipinski definition) is 9. The Balaban J connectivity index is 1.21. The van der Waals surface area contributed by atoms with Crippen LogP contribution in [0.15, 0.2) is 57.4 Å². The number of nitrogens with zero attached hydrogens (tertiary/aromatic N) is 4. The second kappa shape index (κ2) is 13.1. The number of carboxylic acids is 1. The summed E-state index contributed by atoms with van der Waals surface area (Å²) in [5.74, 6) is 0.236. The molecule has 13 heteroatoms. The molecule has 3 aromatic carbocycles. The fourth-order valence-electron chi connectivity index (χ4n) is 7.00. The van der Waals surface area contributed by atoms with Crippen LogP contribution < -0.4 is 10.5 Å². The largest absolute Gasteiger partial charge is 0.480 e. The molecule has 5 aromatic rings. The highest BCUT2D eigenvalue weighted by Gasteiger charge is 2.32. The number of halogens is 2. The molecule has 1 unspecified atom stereocenters. The zero-order valence-electron chi connectivity index (χ0n) is 27.0. The summed E-state index contributed by atoms with van der Waals surface area (Å²) in [5, 5.41) is 9.62. The number of alkyl halides is 2. The molecule has 1 fully saturated rings. The maximum absolute atomic E-state index is 13.4. The molecule has 1 saturated heterocycles. The Labute approximate surface area is 280 Å². The lowest BCUT2D eigenvalue weighted by atomic mass is 9.91. The van der Waals surface area contributed by atoms with E-state index in [1.165, 1.54) is 6.07 Å². The Morgan fingerprint density at radius 2 is 1.67 bits per heavy atom. The number of carboxylic acid groups (broad SMARTS) is 1. The van der Waals surface area contributed by atoms with Gasteiger partial charge >= 0.3 is 12.6 Å². The Hall–Kier alpha value is -5.14. The van der Waals surface area contributed by atoms with Crippen molar-refractivity contribution in [3.63, 3.8) is 0 Å². The van der Waals surface area contributed by atoms with Crippen molar-refractivity contribution in [3.05, 3.63) is 76.7 Å². The van der Waals surface area contributed by atoms with Gasteiger partial charge in [0.15, 0.2) is 5.58 Å². The predicted octanol–water partition coefficient (Wildman–Crippen LogP) is 5.93.